The minimum absolute atomic E-state index is 0.185. The van der Waals surface area contributed by atoms with E-state index in [9.17, 15) is 9.65 Å². The molecule has 1 aliphatic rings. The highest BCUT2D eigenvalue weighted by molar-refractivity contribution is 7.16. The van der Waals surface area contributed by atoms with Crippen molar-refractivity contribution in [2.24, 2.45) is 0 Å². The first-order valence-corrected chi connectivity index (χ1v) is 10.3. The molecule has 3 aromatic heterocycles. The quantitative estimate of drug-likeness (QED) is 0.479. The number of rotatable bonds is 2. The number of anilines is 2. The van der Waals surface area contributed by atoms with Gasteiger partial charge in [0.25, 0.3) is 0 Å². The van der Waals surface area contributed by atoms with E-state index in [-0.39, 0.29) is 5.52 Å². The van der Waals surface area contributed by atoms with Gasteiger partial charge in [-0.2, -0.15) is 5.26 Å². The second-order valence-corrected chi connectivity index (χ2v) is 8.00. The Kier molecular flexibility index (Phi) is 4.42. The van der Waals surface area contributed by atoms with Gasteiger partial charge >= 0.3 is 0 Å². The fourth-order valence-corrected chi connectivity index (χ4v) is 4.77. The molecule has 1 aliphatic heterocycles. The highest BCUT2D eigenvalue weighted by atomic mass is 35.5. The smallest absolute Gasteiger partial charge is 0.149 e. The second kappa shape index (κ2) is 7.10. The molecule has 9 heteroatoms. The lowest BCUT2D eigenvalue weighted by Crippen LogP contribution is -2.47. The third-order valence-corrected chi connectivity index (χ3v) is 6.28. The number of nitrogens with zero attached hydrogens (tertiary/aromatic N) is 6. The number of fused-ring (bicyclic) bond motifs is 2. The lowest BCUT2D eigenvalue weighted by Gasteiger charge is -2.37. The normalized spacial score (nSPS) is 14.5. The van der Waals surface area contributed by atoms with E-state index >= 15 is 0 Å². The molecule has 0 saturated carbocycles. The highest BCUT2D eigenvalue weighted by Crippen LogP contribution is 2.37. The van der Waals surface area contributed by atoms with Crippen molar-refractivity contribution < 1.29 is 4.39 Å². The average Bonchev–Trinajstić information content (AvgIpc) is 3.25. The Hall–Kier alpha value is -3.02. The summed E-state index contributed by atoms with van der Waals surface area (Å²) in [6.07, 6.45) is 3.01. The summed E-state index contributed by atoms with van der Waals surface area (Å²) >= 11 is 7.98. The zero-order valence-corrected chi connectivity index (χ0v) is 16.7. The van der Waals surface area contributed by atoms with Gasteiger partial charge in [-0.3, -0.25) is 4.98 Å². The molecule has 144 valence electrons. The fourth-order valence-electron chi connectivity index (χ4n) is 3.80. The Morgan fingerprint density at radius 2 is 1.86 bits per heavy atom. The number of aromatic nitrogens is 3. The van der Waals surface area contributed by atoms with Crippen molar-refractivity contribution in [3.8, 4) is 6.07 Å². The molecule has 0 amide bonds. The van der Waals surface area contributed by atoms with E-state index in [4.69, 9.17) is 11.6 Å². The van der Waals surface area contributed by atoms with E-state index in [0.29, 0.717) is 47.8 Å². The molecule has 1 saturated heterocycles. The zero-order chi connectivity index (χ0) is 20.0. The summed E-state index contributed by atoms with van der Waals surface area (Å²) < 4.78 is 14.3. The molecule has 1 aromatic carbocycles. The van der Waals surface area contributed by atoms with E-state index in [1.54, 1.807) is 17.7 Å². The lowest BCUT2D eigenvalue weighted by molar-refractivity contribution is 0.635. The van der Waals surface area contributed by atoms with Crippen LogP contribution in [0.1, 0.15) is 5.56 Å². The summed E-state index contributed by atoms with van der Waals surface area (Å²) in [5, 5.41) is 13.5. The number of pyridine rings is 1. The lowest BCUT2D eigenvalue weighted by atomic mass is 10.1. The molecule has 6 nitrogen and oxygen atoms in total. The first kappa shape index (κ1) is 18.0. The van der Waals surface area contributed by atoms with Gasteiger partial charge in [-0.1, -0.05) is 11.6 Å². The SMILES string of the molecule is N#Cc1cnc2c(F)ccc(Cl)c2c1N1CCN(c2ncnc3sccc23)CC1. The number of thiophene rings is 1. The standard InChI is InChI=1S/C20H14ClFN6S/c21-14-1-2-15(22)17-16(14)18(12(9-23)10-24-17)27-4-6-28(7-5-27)19-13-3-8-29-20(13)26-11-25-19/h1-3,8,10-11H,4-7H2. The number of hydrogen-bond donors (Lipinski definition) is 0. The average molecular weight is 425 g/mol. The monoisotopic (exact) mass is 424 g/mol. The highest BCUT2D eigenvalue weighted by Gasteiger charge is 2.25. The second-order valence-electron chi connectivity index (χ2n) is 6.70. The van der Waals surface area contributed by atoms with Gasteiger partial charge in [0, 0.05) is 37.8 Å². The number of halogens is 2. The predicted molar refractivity (Wildman–Crippen MR) is 113 cm³/mol. The maximum absolute atomic E-state index is 14.3. The molecule has 4 heterocycles. The van der Waals surface area contributed by atoms with Gasteiger partial charge in [0.2, 0.25) is 0 Å². The van der Waals surface area contributed by atoms with Gasteiger partial charge < -0.3 is 9.80 Å². The van der Waals surface area contributed by atoms with Crippen LogP contribution in [0.3, 0.4) is 0 Å². The van der Waals surface area contributed by atoms with Crippen molar-refractivity contribution in [1.29, 1.82) is 5.26 Å². The molecule has 5 rings (SSSR count). The third kappa shape index (κ3) is 2.94. The first-order valence-electron chi connectivity index (χ1n) is 9.02. The van der Waals surface area contributed by atoms with Crippen molar-refractivity contribution >= 4 is 55.6 Å². The molecule has 0 bridgehead atoms. The van der Waals surface area contributed by atoms with Gasteiger partial charge in [0.15, 0.2) is 0 Å². The van der Waals surface area contributed by atoms with Gasteiger partial charge in [-0.25, -0.2) is 14.4 Å². The third-order valence-electron chi connectivity index (χ3n) is 5.15. The van der Waals surface area contributed by atoms with Crippen LogP contribution in [0.2, 0.25) is 5.02 Å². The molecule has 0 atom stereocenters. The Labute approximate surface area is 174 Å². The number of benzene rings is 1. The molecule has 4 aromatic rings. The molecule has 1 fully saturated rings. The van der Waals surface area contributed by atoms with Crippen molar-refractivity contribution in [3.63, 3.8) is 0 Å². The minimum Gasteiger partial charge on any atom is -0.366 e. The van der Waals surface area contributed by atoms with Gasteiger partial charge in [-0.15, -0.1) is 11.3 Å². The van der Waals surface area contributed by atoms with Crippen LogP contribution in [0.25, 0.3) is 21.1 Å². The van der Waals surface area contributed by atoms with Crippen LogP contribution in [0.15, 0.2) is 36.1 Å². The predicted octanol–water partition coefficient (Wildman–Crippen LogP) is 4.23. The maximum Gasteiger partial charge on any atom is 0.149 e. The molecular formula is C20H14ClFN6S. The van der Waals surface area contributed by atoms with E-state index < -0.39 is 5.82 Å². The summed E-state index contributed by atoms with van der Waals surface area (Å²) in [7, 11) is 0. The summed E-state index contributed by atoms with van der Waals surface area (Å²) in [6.45, 7) is 2.72. The van der Waals surface area contributed by atoms with E-state index in [2.05, 4.69) is 30.8 Å². The van der Waals surface area contributed by atoms with Crippen molar-refractivity contribution in [1.82, 2.24) is 15.0 Å². The summed E-state index contributed by atoms with van der Waals surface area (Å²) in [4.78, 5) is 18.2. The van der Waals surface area contributed by atoms with Crippen LogP contribution in [0.5, 0.6) is 0 Å². The fraction of sp³-hybridized carbons (Fsp3) is 0.200. The largest absolute Gasteiger partial charge is 0.366 e. The zero-order valence-electron chi connectivity index (χ0n) is 15.1. The van der Waals surface area contributed by atoms with E-state index in [0.717, 1.165) is 16.0 Å². The van der Waals surface area contributed by atoms with Crippen LogP contribution >= 0.6 is 22.9 Å². The maximum atomic E-state index is 14.3. The van der Waals surface area contributed by atoms with E-state index in [1.165, 1.54) is 18.3 Å². The van der Waals surface area contributed by atoms with Crippen molar-refractivity contribution in [2.75, 3.05) is 36.0 Å². The molecular weight excluding hydrogens is 411 g/mol. The summed E-state index contributed by atoms with van der Waals surface area (Å²) in [5.41, 5.74) is 1.22. The number of hydrogen-bond acceptors (Lipinski definition) is 7. The Morgan fingerprint density at radius 1 is 1.07 bits per heavy atom. The van der Waals surface area contributed by atoms with Crippen LogP contribution in [0, 0.1) is 17.1 Å². The van der Waals surface area contributed by atoms with Gasteiger partial charge in [0.1, 0.15) is 34.4 Å². The molecule has 0 unspecified atom stereocenters. The Bertz CT molecular complexity index is 1280. The van der Waals surface area contributed by atoms with Crippen LogP contribution in [-0.2, 0) is 0 Å². The minimum atomic E-state index is -0.449. The summed E-state index contributed by atoms with van der Waals surface area (Å²) in [5.74, 6) is 0.467. The number of nitriles is 1. The van der Waals surface area contributed by atoms with Crippen LogP contribution in [-0.4, -0.2) is 41.1 Å². The molecule has 0 aliphatic carbocycles. The summed E-state index contributed by atoms with van der Waals surface area (Å²) in [6, 6.07) is 7.02. The van der Waals surface area contributed by atoms with Crippen molar-refractivity contribution in [3.05, 3.63) is 52.5 Å². The molecule has 0 radical (unpaired) electrons. The van der Waals surface area contributed by atoms with Crippen LogP contribution < -0.4 is 9.80 Å². The van der Waals surface area contributed by atoms with Crippen molar-refractivity contribution in [2.45, 2.75) is 0 Å². The topological polar surface area (TPSA) is 68.9 Å². The van der Waals surface area contributed by atoms with Gasteiger partial charge in [-0.05, 0) is 23.6 Å². The Morgan fingerprint density at radius 3 is 2.66 bits per heavy atom. The van der Waals surface area contributed by atoms with Crippen LogP contribution in [0.4, 0.5) is 15.9 Å². The Balaban J connectivity index is 1.51. The molecule has 0 spiro atoms. The van der Waals surface area contributed by atoms with E-state index in [1.807, 2.05) is 11.4 Å². The first-order chi connectivity index (χ1) is 14.2. The number of piperazine rings is 1. The molecule has 29 heavy (non-hydrogen) atoms. The molecule has 0 N–H and O–H groups in total. The van der Waals surface area contributed by atoms with Gasteiger partial charge in [0.05, 0.1) is 21.7 Å².